The van der Waals surface area contributed by atoms with E-state index in [-0.39, 0.29) is 22.5 Å². The predicted octanol–water partition coefficient (Wildman–Crippen LogP) is 3.53. The first-order valence-electron chi connectivity index (χ1n) is 5.57. The lowest BCUT2D eigenvalue weighted by Crippen LogP contribution is -2.16. The van der Waals surface area contributed by atoms with E-state index in [4.69, 9.17) is 23.2 Å². The van der Waals surface area contributed by atoms with Gasteiger partial charge in [-0.1, -0.05) is 41.5 Å². The van der Waals surface area contributed by atoms with Crippen LogP contribution in [-0.2, 0) is 9.59 Å². The molecule has 0 unspecified atom stereocenters. The summed E-state index contributed by atoms with van der Waals surface area (Å²) in [4.78, 5) is 26.6. The van der Waals surface area contributed by atoms with E-state index in [1.54, 1.807) is 12.1 Å². The maximum atomic E-state index is 11.8. The molecule has 9 heteroatoms. The van der Waals surface area contributed by atoms with Gasteiger partial charge in [0, 0.05) is 5.02 Å². The van der Waals surface area contributed by atoms with Crippen LogP contribution in [0.1, 0.15) is 0 Å². The van der Waals surface area contributed by atoms with E-state index in [1.807, 2.05) is 0 Å². The lowest BCUT2D eigenvalue weighted by molar-refractivity contribution is -0.115. The van der Waals surface area contributed by atoms with Crippen molar-refractivity contribution in [3.8, 4) is 0 Å². The first kappa shape index (κ1) is 15.7. The van der Waals surface area contributed by atoms with Crippen molar-refractivity contribution in [2.45, 2.75) is 0 Å². The smallest absolute Gasteiger partial charge is 0.299 e. The molecule has 1 aliphatic rings. The number of carbonyl (C=O) groups is 2. The number of hydrogen-bond acceptors (Lipinski definition) is 5. The molecule has 0 radical (unpaired) electrons. The molecule has 0 aliphatic carbocycles. The Morgan fingerprint density at radius 3 is 2.76 bits per heavy atom. The molecule has 1 aromatic carbocycles. The van der Waals surface area contributed by atoms with Crippen LogP contribution in [-0.4, -0.2) is 22.7 Å². The summed E-state index contributed by atoms with van der Waals surface area (Å²) >= 11 is 12.7. The fraction of sp³-hybridized carbons (Fsp3) is 0.0833. The Kier molecular flexibility index (Phi) is 5.11. The SMILES string of the molecule is C=C1N=NC(SCC(=O)Nc2ccc(Cl)cc2Cl)=NC1=O. The zero-order chi connectivity index (χ0) is 15.4. The molecule has 2 rings (SSSR count). The van der Waals surface area contributed by atoms with Gasteiger partial charge >= 0.3 is 0 Å². The Balaban J connectivity index is 1.91. The second kappa shape index (κ2) is 6.84. The average molecular weight is 343 g/mol. The van der Waals surface area contributed by atoms with E-state index in [9.17, 15) is 9.59 Å². The van der Waals surface area contributed by atoms with Crippen LogP contribution in [0.4, 0.5) is 5.69 Å². The van der Waals surface area contributed by atoms with Crippen molar-refractivity contribution >= 4 is 57.6 Å². The van der Waals surface area contributed by atoms with Crippen molar-refractivity contribution in [1.29, 1.82) is 0 Å². The van der Waals surface area contributed by atoms with Crippen molar-refractivity contribution in [2.75, 3.05) is 11.1 Å². The molecule has 1 N–H and O–H groups in total. The number of thioether (sulfide) groups is 1. The van der Waals surface area contributed by atoms with Gasteiger partial charge in [0.1, 0.15) is 5.70 Å². The molecular formula is C12H8Cl2N4O2S. The van der Waals surface area contributed by atoms with Gasteiger partial charge in [-0.2, -0.15) is 4.99 Å². The third-order valence-electron chi connectivity index (χ3n) is 2.24. The molecule has 21 heavy (non-hydrogen) atoms. The van der Waals surface area contributed by atoms with Gasteiger partial charge in [-0.3, -0.25) is 9.59 Å². The number of benzene rings is 1. The molecule has 6 nitrogen and oxygen atoms in total. The summed E-state index contributed by atoms with van der Waals surface area (Å²) in [5.41, 5.74) is 0.417. The van der Waals surface area contributed by atoms with Crippen LogP contribution in [0.3, 0.4) is 0 Å². The second-order valence-corrected chi connectivity index (χ2v) is 5.59. The molecule has 0 bridgehead atoms. The van der Waals surface area contributed by atoms with Crippen molar-refractivity contribution in [3.05, 3.63) is 40.5 Å². The fourth-order valence-electron chi connectivity index (χ4n) is 1.29. The Bertz CT molecular complexity index is 688. The average Bonchev–Trinajstić information content (AvgIpc) is 2.43. The van der Waals surface area contributed by atoms with E-state index >= 15 is 0 Å². The third kappa shape index (κ3) is 4.38. The van der Waals surface area contributed by atoms with E-state index in [2.05, 4.69) is 27.1 Å². The third-order valence-corrected chi connectivity index (χ3v) is 3.62. The van der Waals surface area contributed by atoms with Crippen LogP contribution in [0.2, 0.25) is 10.0 Å². The van der Waals surface area contributed by atoms with Gasteiger partial charge in [0.15, 0.2) is 0 Å². The number of hydrogen-bond donors (Lipinski definition) is 1. The van der Waals surface area contributed by atoms with Gasteiger partial charge in [0.2, 0.25) is 11.1 Å². The fourth-order valence-corrected chi connectivity index (χ4v) is 2.32. The normalized spacial score (nSPS) is 14.1. The summed E-state index contributed by atoms with van der Waals surface area (Å²) in [5, 5.41) is 10.7. The number of azo groups is 1. The molecule has 108 valence electrons. The summed E-state index contributed by atoms with van der Waals surface area (Å²) < 4.78 is 0. The van der Waals surface area contributed by atoms with Crippen LogP contribution in [0.5, 0.6) is 0 Å². The van der Waals surface area contributed by atoms with Crippen LogP contribution >= 0.6 is 35.0 Å². The molecule has 0 saturated carbocycles. The summed E-state index contributed by atoms with van der Waals surface area (Å²) in [6.45, 7) is 3.37. The van der Waals surface area contributed by atoms with Gasteiger partial charge in [-0.25, -0.2) is 0 Å². The van der Waals surface area contributed by atoms with Crippen LogP contribution in [0, 0.1) is 0 Å². The second-order valence-electron chi connectivity index (χ2n) is 3.81. The summed E-state index contributed by atoms with van der Waals surface area (Å²) in [5.74, 6) is -0.871. The maximum absolute atomic E-state index is 11.8. The van der Waals surface area contributed by atoms with Crippen LogP contribution in [0.25, 0.3) is 0 Å². The highest BCUT2D eigenvalue weighted by Gasteiger charge is 2.15. The van der Waals surface area contributed by atoms with Gasteiger partial charge in [-0.05, 0) is 18.2 Å². The van der Waals surface area contributed by atoms with Crippen molar-refractivity contribution in [3.63, 3.8) is 0 Å². The number of anilines is 1. The molecule has 0 fully saturated rings. The molecule has 0 atom stereocenters. The minimum atomic E-state index is -0.561. The zero-order valence-corrected chi connectivity index (χ0v) is 12.8. The lowest BCUT2D eigenvalue weighted by atomic mass is 10.3. The molecule has 1 aliphatic heterocycles. The Hall–Kier alpha value is -1.70. The monoisotopic (exact) mass is 342 g/mol. The van der Waals surface area contributed by atoms with E-state index in [1.165, 1.54) is 6.07 Å². The number of halogens is 2. The summed E-state index contributed by atoms with van der Waals surface area (Å²) in [6.07, 6.45) is 0. The highest BCUT2D eigenvalue weighted by Crippen LogP contribution is 2.25. The van der Waals surface area contributed by atoms with Crippen molar-refractivity contribution < 1.29 is 9.59 Å². The first-order chi connectivity index (χ1) is 9.95. The molecular weight excluding hydrogens is 335 g/mol. The maximum Gasteiger partial charge on any atom is 0.299 e. The highest BCUT2D eigenvalue weighted by atomic mass is 35.5. The number of rotatable bonds is 3. The highest BCUT2D eigenvalue weighted by molar-refractivity contribution is 8.14. The topological polar surface area (TPSA) is 83.2 Å². The van der Waals surface area contributed by atoms with Gasteiger partial charge < -0.3 is 5.32 Å². The number of nitrogens with one attached hydrogen (secondary N) is 1. The number of amidine groups is 1. The summed E-state index contributed by atoms with van der Waals surface area (Å²) in [6, 6.07) is 4.73. The molecule has 1 aromatic rings. The van der Waals surface area contributed by atoms with Gasteiger partial charge in [0.25, 0.3) is 5.91 Å². The van der Waals surface area contributed by atoms with Crippen LogP contribution in [0.15, 0.2) is 45.7 Å². The van der Waals surface area contributed by atoms with Crippen molar-refractivity contribution in [2.24, 2.45) is 15.2 Å². The zero-order valence-electron chi connectivity index (χ0n) is 10.5. The quantitative estimate of drug-likeness (QED) is 0.852. The molecule has 2 amide bonds. The van der Waals surface area contributed by atoms with Gasteiger partial charge in [-0.15, -0.1) is 10.2 Å². The number of carbonyl (C=O) groups excluding carboxylic acids is 2. The Labute approximate surface area is 134 Å². The number of amides is 2. The lowest BCUT2D eigenvalue weighted by Gasteiger charge is -2.07. The van der Waals surface area contributed by atoms with E-state index in [0.29, 0.717) is 15.7 Å². The standard InChI is InChI=1S/C12H8Cl2N4O2S/c1-6-11(20)16-12(18-17-6)21-5-10(19)15-9-3-2-7(13)4-8(9)14/h2-4H,1,5H2,(H,15,19). The summed E-state index contributed by atoms with van der Waals surface area (Å²) in [7, 11) is 0. The molecule has 1 heterocycles. The number of aliphatic imine (C=N–C) groups is 1. The Morgan fingerprint density at radius 2 is 2.10 bits per heavy atom. The van der Waals surface area contributed by atoms with Crippen LogP contribution < -0.4 is 5.32 Å². The predicted molar refractivity (Wildman–Crippen MR) is 84.0 cm³/mol. The first-order valence-corrected chi connectivity index (χ1v) is 7.31. The number of nitrogens with zero attached hydrogens (tertiary/aromatic N) is 3. The molecule has 0 aromatic heterocycles. The van der Waals surface area contributed by atoms with E-state index < -0.39 is 5.91 Å². The minimum Gasteiger partial charge on any atom is -0.324 e. The largest absolute Gasteiger partial charge is 0.324 e. The molecule has 0 spiro atoms. The van der Waals surface area contributed by atoms with Gasteiger partial charge in [0.05, 0.1) is 16.5 Å². The Morgan fingerprint density at radius 1 is 1.33 bits per heavy atom. The molecule has 0 saturated heterocycles. The van der Waals surface area contributed by atoms with E-state index in [0.717, 1.165) is 11.8 Å². The van der Waals surface area contributed by atoms with Crippen molar-refractivity contribution in [1.82, 2.24) is 0 Å². The minimum absolute atomic E-state index is 0.0105.